The van der Waals surface area contributed by atoms with Crippen molar-refractivity contribution in [3.8, 4) is 0 Å². The zero-order chi connectivity index (χ0) is 13.2. The fourth-order valence-corrected chi connectivity index (χ4v) is 4.41. The lowest BCUT2D eigenvalue weighted by molar-refractivity contribution is 0.450. The number of anilines is 1. The van der Waals surface area contributed by atoms with Crippen molar-refractivity contribution in [2.45, 2.75) is 25.3 Å². The first-order chi connectivity index (χ1) is 8.46. The minimum absolute atomic E-state index is 0.130. The van der Waals surface area contributed by atoms with Crippen molar-refractivity contribution >= 4 is 15.5 Å². The average Bonchev–Trinajstić information content (AvgIpc) is 2.31. The topological polar surface area (TPSA) is 72.2 Å². The molecule has 0 saturated carbocycles. The molecule has 1 aliphatic heterocycles. The SMILES string of the molecule is Cc1ccccc1NC1(CN)CCCS(=O)(=O)C1. The predicted molar refractivity (Wildman–Crippen MR) is 74.5 cm³/mol. The zero-order valence-corrected chi connectivity index (χ0v) is 11.5. The molecule has 1 atom stereocenters. The van der Waals surface area contributed by atoms with Crippen LogP contribution in [0.2, 0.25) is 0 Å². The maximum atomic E-state index is 11.8. The predicted octanol–water partition coefficient (Wildman–Crippen LogP) is 1.31. The van der Waals surface area contributed by atoms with Crippen LogP contribution in [0.15, 0.2) is 24.3 Å². The summed E-state index contributed by atoms with van der Waals surface area (Å²) in [6.07, 6.45) is 1.48. The molecule has 1 aromatic carbocycles. The van der Waals surface area contributed by atoms with Gasteiger partial charge >= 0.3 is 0 Å². The van der Waals surface area contributed by atoms with E-state index >= 15 is 0 Å². The second-order valence-electron chi connectivity index (χ2n) is 5.12. The van der Waals surface area contributed by atoms with Crippen molar-refractivity contribution < 1.29 is 8.42 Å². The number of rotatable bonds is 3. The summed E-state index contributed by atoms with van der Waals surface area (Å²) in [6.45, 7) is 2.34. The van der Waals surface area contributed by atoms with Crippen molar-refractivity contribution in [2.24, 2.45) is 5.73 Å². The van der Waals surface area contributed by atoms with Crippen LogP contribution in [0.25, 0.3) is 0 Å². The highest BCUT2D eigenvalue weighted by atomic mass is 32.2. The summed E-state index contributed by atoms with van der Waals surface area (Å²) >= 11 is 0. The second-order valence-corrected chi connectivity index (χ2v) is 7.30. The Morgan fingerprint density at radius 1 is 1.39 bits per heavy atom. The molecule has 0 amide bonds. The third-order valence-electron chi connectivity index (χ3n) is 3.54. The fourth-order valence-electron chi connectivity index (χ4n) is 2.51. The van der Waals surface area contributed by atoms with E-state index in [1.165, 1.54) is 0 Å². The maximum Gasteiger partial charge on any atom is 0.152 e. The quantitative estimate of drug-likeness (QED) is 0.867. The number of sulfone groups is 1. The Hall–Kier alpha value is -1.07. The van der Waals surface area contributed by atoms with Gasteiger partial charge in [0.2, 0.25) is 0 Å². The molecule has 0 aromatic heterocycles. The first-order valence-corrected chi connectivity index (χ1v) is 8.03. The van der Waals surface area contributed by atoms with E-state index in [9.17, 15) is 8.42 Å². The number of para-hydroxylation sites is 1. The third kappa shape index (κ3) is 2.84. The first kappa shape index (κ1) is 13.4. The van der Waals surface area contributed by atoms with E-state index in [-0.39, 0.29) is 11.5 Å². The van der Waals surface area contributed by atoms with E-state index in [2.05, 4.69) is 5.32 Å². The molecular formula is C13H20N2O2S. The zero-order valence-electron chi connectivity index (χ0n) is 10.6. The minimum atomic E-state index is -2.98. The Labute approximate surface area is 108 Å². The third-order valence-corrected chi connectivity index (χ3v) is 5.45. The molecule has 100 valence electrons. The van der Waals surface area contributed by atoms with Gasteiger partial charge in [0.05, 0.1) is 17.0 Å². The van der Waals surface area contributed by atoms with E-state index in [1.807, 2.05) is 31.2 Å². The van der Waals surface area contributed by atoms with Gasteiger partial charge in [0.15, 0.2) is 9.84 Å². The van der Waals surface area contributed by atoms with Crippen molar-refractivity contribution in [3.63, 3.8) is 0 Å². The molecule has 18 heavy (non-hydrogen) atoms. The normalized spacial score (nSPS) is 26.8. The summed E-state index contributed by atoms with van der Waals surface area (Å²) in [5.74, 6) is 0.412. The van der Waals surface area contributed by atoms with E-state index in [4.69, 9.17) is 5.73 Å². The van der Waals surface area contributed by atoms with Gasteiger partial charge in [-0.15, -0.1) is 0 Å². The summed E-state index contributed by atoms with van der Waals surface area (Å²) in [7, 11) is -2.98. The molecule has 1 aromatic rings. The van der Waals surface area contributed by atoms with Crippen LogP contribution in [0.1, 0.15) is 18.4 Å². The van der Waals surface area contributed by atoms with Crippen molar-refractivity contribution in [3.05, 3.63) is 29.8 Å². The van der Waals surface area contributed by atoms with Crippen LogP contribution in [-0.4, -0.2) is 32.0 Å². The summed E-state index contributed by atoms with van der Waals surface area (Å²) < 4.78 is 23.6. The van der Waals surface area contributed by atoms with E-state index < -0.39 is 15.4 Å². The van der Waals surface area contributed by atoms with Crippen LogP contribution in [0.5, 0.6) is 0 Å². The smallest absolute Gasteiger partial charge is 0.152 e. The van der Waals surface area contributed by atoms with E-state index in [1.54, 1.807) is 0 Å². The van der Waals surface area contributed by atoms with E-state index in [0.717, 1.165) is 17.7 Å². The van der Waals surface area contributed by atoms with E-state index in [0.29, 0.717) is 13.0 Å². The van der Waals surface area contributed by atoms with Crippen LogP contribution < -0.4 is 11.1 Å². The molecule has 0 aliphatic carbocycles. The number of benzene rings is 1. The molecule has 3 N–H and O–H groups in total. The first-order valence-electron chi connectivity index (χ1n) is 6.21. The molecule has 0 spiro atoms. The maximum absolute atomic E-state index is 11.8. The molecule has 0 radical (unpaired) electrons. The van der Waals surface area contributed by atoms with Gasteiger partial charge in [-0.25, -0.2) is 8.42 Å². The highest BCUT2D eigenvalue weighted by molar-refractivity contribution is 7.91. The highest BCUT2D eigenvalue weighted by Gasteiger charge is 2.38. The van der Waals surface area contributed by atoms with Crippen molar-refractivity contribution in [1.29, 1.82) is 0 Å². The standard InChI is InChI=1S/C13H20N2O2S/c1-11-5-2-3-6-12(11)15-13(9-14)7-4-8-18(16,17)10-13/h2-3,5-6,15H,4,7-10,14H2,1H3. The van der Waals surface area contributed by atoms with Gasteiger partial charge in [0.25, 0.3) is 0 Å². The number of aryl methyl sites for hydroxylation is 1. The Bertz CT molecular complexity index is 528. The number of hydrogen-bond acceptors (Lipinski definition) is 4. The second kappa shape index (κ2) is 4.90. The molecule has 5 heteroatoms. The summed E-state index contributed by atoms with van der Waals surface area (Å²) in [5.41, 5.74) is 7.40. The van der Waals surface area contributed by atoms with Crippen LogP contribution in [-0.2, 0) is 9.84 Å². The number of hydrogen-bond donors (Lipinski definition) is 2. The van der Waals surface area contributed by atoms with Gasteiger partial charge in [-0.1, -0.05) is 18.2 Å². The summed E-state index contributed by atoms with van der Waals surface area (Å²) in [6, 6.07) is 7.88. The summed E-state index contributed by atoms with van der Waals surface area (Å²) in [5, 5.41) is 3.36. The Balaban J connectivity index is 2.26. The summed E-state index contributed by atoms with van der Waals surface area (Å²) in [4.78, 5) is 0. The molecule has 0 bridgehead atoms. The molecule has 1 aliphatic rings. The Morgan fingerprint density at radius 3 is 2.72 bits per heavy atom. The number of nitrogens with one attached hydrogen (secondary N) is 1. The van der Waals surface area contributed by atoms with Gasteiger partial charge in [-0.05, 0) is 31.4 Å². The lowest BCUT2D eigenvalue weighted by Gasteiger charge is -2.38. The molecule has 1 saturated heterocycles. The average molecular weight is 268 g/mol. The van der Waals surface area contributed by atoms with Gasteiger partial charge in [0.1, 0.15) is 0 Å². The van der Waals surface area contributed by atoms with Crippen LogP contribution in [0, 0.1) is 6.92 Å². The van der Waals surface area contributed by atoms with Gasteiger partial charge in [-0.3, -0.25) is 0 Å². The Morgan fingerprint density at radius 2 is 2.11 bits per heavy atom. The minimum Gasteiger partial charge on any atom is -0.377 e. The number of nitrogens with two attached hydrogens (primary N) is 1. The van der Waals surface area contributed by atoms with Crippen molar-refractivity contribution in [1.82, 2.24) is 0 Å². The lowest BCUT2D eigenvalue weighted by atomic mass is 9.94. The molecule has 4 nitrogen and oxygen atoms in total. The lowest BCUT2D eigenvalue weighted by Crippen LogP contribution is -2.54. The Kier molecular flexibility index (Phi) is 3.64. The largest absolute Gasteiger partial charge is 0.377 e. The molecule has 2 rings (SSSR count). The van der Waals surface area contributed by atoms with Gasteiger partial charge < -0.3 is 11.1 Å². The van der Waals surface area contributed by atoms with Crippen molar-refractivity contribution in [2.75, 3.05) is 23.4 Å². The monoisotopic (exact) mass is 268 g/mol. The molecular weight excluding hydrogens is 248 g/mol. The van der Waals surface area contributed by atoms with Crippen LogP contribution in [0.3, 0.4) is 0 Å². The van der Waals surface area contributed by atoms with Crippen LogP contribution in [0.4, 0.5) is 5.69 Å². The highest BCUT2D eigenvalue weighted by Crippen LogP contribution is 2.28. The van der Waals surface area contributed by atoms with Crippen LogP contribution >= 0.6 is 0 Å². The molecule has 1 unspecified atom stereocenters. The van der Waals surface area contributed by atoms with Gasteiger partial charge in [-0.2, -0.15) is 0 Å². The molecule has 1 heterocycles. The van der Waals surface area contributed by atoms with Gasteiger partial charge in [0, 0.05) is 12.2 Å². The fraction of sp³-hybridized carbons (Fsp3) is 0.538. The molecule has 1 fully saturated rings.